The second kappa shape index (κ2) is 18.5. The van der Waals surface area contributed by atoms with Crippen LogP contribution in [0.2, 0.25) is 0 Å². The third kappa shape index (κ3) is 15.8. The van der Waals surface area contributed by atoms with Crippen molar-refractivity contribution in [2.24, 2.45) is 0 Å². The molecule has 156 valence electrons. The molecular weight excluding hydrogens is 333 g/mol. The molecular formula is C25H44FN. The smallest absolute Gasteiger partial charge is 0.123 e. The summed E-state index contributed by atoms with van der Waals surface area (Å²) in [6.45, 7) is 4.10. The zero-order valence-corrected chi connectivity index (χ0v) is 17.9. The van der Waals surface area contributed by atoms with Gasteiger partial charge in [0.15, 0.2) is 0 Å². The fourth-order valence-electron chi connectivity index (χ4n) is 3.68. The van der Waals surface area contributed by atoms with Crippen LogP contribution in [-0.4, -0.2) is 6.54 Å². The van der Waals surface area contributed by atoms with E-state index in [1.807, 2.05) is 6.07 Å². The van der Waals surface area contributed by atoms with Crippen LogP contribution in [0, 0.1) is 5.82 Å². The van der Waals surface area contributed by atoms with Gasteiger partial charge in [0.1, 0.15) is 5.82 Å². The summed E-state index contributed by atoms with van der Waals surface area (Å²) in [5.41, 5.74) is 1.03. The van der Waals surface area contributed by atoms with Gasteiger partial charge < -0.3 is 5.32 Å². The SMILES string of the molecule is CCCCCCCCCCCCCCCCCCNCc1cccc(F)c1. The number of benzene rings is 1. The topological polar surface area (TPSA) is 12.0 Å². The van der Waals surface area contributed by atoms with Crippen LogP contribution in [0.1, 0.15) is 115 Å². The maximum Gasteiger partial charge on any atom is 0.123 e. The average Bonchev–Trinajstić information content (AvgIpc) is 2.67. The number of halogens is 1. The van der Waals surface area contributed by atoms with Gasteiger partial charge in [0.05, 0.1) is 0 Å². The molecule has 0 aliphatic rings. The number of hydrogen-bond donors (Lipinski definition) is 1. The molecule has 0 aliphatic heterocycles. The van der Waals surface area contributed by atoms with Crippen LogP contribution in [-0.2, 0) is 6.54 Å². The second-order valence-corrected chi connectivity index (χ2v) is 8.11. The molecule has 1 N–H and O–H groups in total. The highest BCUT2D eigenvalue weighted by Gasteiger charge is 1.96. The first kappa shape index (κ1) is 24.1. The molecule has 1 rings (SSSR count). The predicted molar refractivity (Wildman–Crippen MR) is 118 cm³/mol. The summed E-state index contributed by atoms with van der Waals surface area (Å²) in [6.07, 6.45) is 22.5. The van der Waals surface area contributed by atoms with Crippen molar-refractivity contribution in [3.05, 3.63) is 35.6 Å². The standard InChI is InChI=1S/C25H44FN/c1-2-3-4-5-6-7-8-9-10-11-12-13-14-15-16-17-21-27-23-24-19-18-20-25(26)22-24/h18-20,22,27H,2-17,21,23H2,1H3. The molecule has 0 heterocycles. The van der Waals surface area contributed by atoms with Gasteiger partial charge in [-0.3, -0.25) is 0 Å². The third-order valence-electron chi connectivity index (χ3n) is 5.43. The zero-order chi connectivity index (χ0) is 19.4. The van der Waals surface area contributed by atoms with Gasteiger partial charge in [-0.1, -0.05) is 115 Å². The van der Waals surface area contributed by atoms with Gasteiger partial charge in [-0.25, -0.2) is 4.39 Å². The number of nitrogens with one attached hydrogen (secondary N) is 1. The molecule has 0 aliphatic carbocycles. The van der Waals surface area contributed by atoms with Crippen molar-refractivity contribution < 1.29 is 4.39 Å². The molecule has 1 aromatic rings. The predicted octanol–water partition coefficient (Wildman–Crippen LogP) is 8.18. The lowest BCUT2D eigenvalue weighted by atomic mass is 10.0. The minimum absolute atomic E-state index is 0.142. The van der Waals surface area contributed by atoms with E-state index >= 15 is 0 Å². The lowest BCUT2D eigenvalue weighted by Crippen LogP contribution is -2.14. The van der Waals surface area contributed by atoms with E-state index in [-0.39, 0.29) is 5.82 Å². The molecule has 2 heteroatoms. The number of unbranched alkanes of at least 4 members (excludes halogenated alkanes) is 15. The van der Waals surface area contributed by atoms with Crippen molar-refractivity contribution in [1.82, 2.24) is 5.32 Å². The van der Waals surface area contributed by atoms with Gasteiger partial charge in [-0.15, -0.1) is 0 Å². The van der Waals surface area contributed by atoms with Gasteiger partial charge in [0.2, 0.25) is 0 Å². The van der Waals surface area contributed by atoms with Crippen LogP contribution < -0.4 is 5.32 Å². The summed E-state index contributed by atoms with van der Waals surface area (Å²) >= 11 is 0. The minimum Gasteiger partial charge on any atom is -0.313 e. The lowest BCUT2D eigenvalue weighted by Gasteiger charge is -2.05. The Balaban J connectivity index is 1.72. The van der Waals surface area contributed by atoms with Crippen LogP contribution in [0.3, 0.4) is 0 Å². The summed E-state index contributed by atoms with van der Waals surface area (Å²) in [5.74, 6) is -0.142. The Kier molecular flexibility index (Phi) is 16.5. The molecule has 1 aromatic carbocycles. The van der Waals surface area contributed by atoms with Crippen molar-refractivity contribution in [2.45, 2.75) is 116 Å². The monoisotopic (exact) mass is 377 g/mol. The van der Waals surface area contributed by atoms with Gasteiger partial charge >= 0.3 is 0 Å². The molecule has 0 amide bonds. The van der Waals surface area contributed by atoms with Crippen LogP contribution in [0.5, 0.6) is 0 Å². The molecule has 0 unspecified atom stereocenters. The summed E-state index contributed by atoms with van der Waals surface area (Å²) in [7, 11) is 0. The van der Waals surface area contributed by atoms with Gasteiger partial charge in [0, 0.05) is 6.54 Å². The van der Waals surface area contributed by atoms with E-state index in [0.717, 1.165) is 18.7 Å². The third-order valence-corrected chi connectivity index (χ3v) is 5.43. The average molecular weight is 378 g/mol. The molecule has 1 nitrogen and oxygen atoms in total. The van der Waals surface area contributed by atoms with Crippen molar-refractivity contribution in [3.63, 3.8) is 0 Å². The maximum absolute atomic E-state index is 13.1. The molecule has 0 fully saturated rings. The van der Waals surface area contributed by atoms with E-state index in [1.54, 1.807) is 12.1 Å². The highest BCUT2D eigenvalue weighted by atomic mass is 19.1. The number of rotatable bonds is 19. The van der Waals surface area contributed by atoms with Crippen LogP contribution in [0.4, 0.5) is 4.39 Å². The highest BCUT2D eigenvalue weighted by molar-refractivity contribution is 5.15. The van der Waals surface area contributed by atoms with E-state index in [0.29, 0.717) is 0 Å². The van der Waals surface area contributed by atoms with Crippen LogP contribution in [0.15, 0.2) is 24.3 Å². The quantitative estimate of drug-likeness (QED) is 0.240. The highest BCUT2D eigenvalue weighted by Crippen LogP contribution is 2.13. The van der Waals surface area contributed by atoms with Crippen molar-refractivity contribution in [2.75, 3.05) is 6.54 Å². The molecule has 0 atom stereocenters. The molecule has 27 heavy (non-hydrogen) atoms. The second-order valence-electron chi connectivity index (χ2n) is 8.11. The van der Waals surface area contributed by atoms with Gasteiger partial charge in [-0.05, 0) is 30.7 Å². The summed E-state index contributed by atoms with van der Waals surface area (Å²) in [4.78, 5) is 0. The largest absolute Gasteiger partial charge is 0.313 e. The maximum atomic E-state index is 13.1. The molecule has 0 spiro atoms. The van der Waals surface area contributed by atoms with Crippen LogP contribution in [0.25, 0.3) is 0 Å². The first-order chi connectivity index (χ1) is 13.3. The van der Waals surface area contributed by atoms with E-state index in [2.05, 4.69) is 12.2 Å². The fraction of sp³-hybridized carbons (Fsp3) is 0.760. The Morgan fingerprint density at radius 3 is 1.63 bits per heavy atom. The van der Waals surface area contributed by atoms with E-state index < -0.39 is 0 Å². The Labute approximate surface area is 168 Å². The first-order valence-electron chi connectivity index (χ1n) is 11.8. The van der Waals surface area contributed by atoms with Crippen molar-refractivity contribution in [3.8, 4) is 0 Å². The van der Waals surface area contributed by atoms with E-state index in [1.165, 1.54) is 109 Å². The normalized spacial score (nSPS) is 11.2. The Morgan fingerprint density at radius 2 is 1.15 bits per heavy atom. The van der Waals surface area contributed by atoms with Gasteiger partial charge in [-0.2, -0.15) is 0 Å². The summed E-state index contributed by atoms with van der Waals surface area (Å²) in [5, 5.41) is 3.41. The Morgan fingerprint density at radius 1 is 0.667 bits per heavy atom. The molecule has 0 saturated carbocycles. The van der Waals surface area contributed by atoms with E-state index in [4.69, 9.17) is 0 Å². The fourth-order valence-corrected chi connectivity index (χ4v) is 3.68. The number of hydrogen-bond acceptors (Lipinski definition) is 1. The minimum atomic E-state index is -0.142. The lowest BCUT2D eigenvalue weighted by molar-refractivity contribution is 0.525. The van der Waals surface area contributed by atoms with E-state index in [9.17, 15) is 4.39 Å². The van der Waals surface area contributed by atoms with Gasteiger partial charge in [0.25, 0.3) is 0 Å². The summed E-state index contributed by atoms with van der Waals surface area (Å²) in [6, 6.07) is 6.87. The molecule has 0 saturated heterocycles. The Hall–Kier alpha value is -0.890. The Bertz CT molecular complexity index is 432. The first-order valence-corrected chi connectivity index (χ1v) is 11.8. The zero-order valence-electron chi connectivity index (χ0n) is 17.9. The summed E-state index contributed by atoms with van der Waals surface area (Å²) < 4.78 is 13.1. The molecule has 0 radical (unpaired) electrons. The van der Waals surface area contributed by atoms with Crippen LogP contribution >= 0.6 is 0 Å². The van der Waals surface area contributed by atoms with Crippen molar-refractivity contribution in [1.29, 1.82) is 0 Å². The molecule has 0 bridgehead atoms. The van der Waals surface area contributed by atoms with Crippen molar-refractivity contribution >= 4 is 0 Å². The molecule has 0 aromatic heterocycles.